The Labute approximate surface area is 69.4 Å². The van der Waals surface area contributed by atoms with Crippen molar-refractivity contribution in [1.82, 2.24) is 15.2 Å². The van der Waals surface area contributed by atoms with Gasteiger partial charge in [-0.15, -0.1) is 0 Å². The summed E-state index contributed by atoms with van der Waals surface area (Å²) in [5.74, 6) is -2.92. The van der Waals surface area contributed by atoms with Gasteiger partial charge in [0.2, 0.25) is 0 Å². The molecule has 5 nitrogen and oxygen atoms in total. The van der Waals surface area contributed by atoms with Crippen LogP contribution in [0.2, 0.25) is 0 Å². The number of aromatic nitrogens is 3. The first-order valence-corrected chi connectivity index (χ1v) is 3.64. The second-order valence-electron chi connectivity index (χ2n) is 1.71. The van der Waals surface area contributed by atoms with Crippen LogP contribution in [0.25, 0.3) is 0 Å². The van der Waals surface area contributed by atoms with Crippen molar-refractivity contribution < 1.29 is 8.78 Å². The van der Waals surface area contributed by atoms with E-state index in [4.69, 9.17) is 5.73 Å². The van der Waals surface area contributed by atoms with Crippen molar-refractivity contribution >= 4 is 17.6 Å². The van der Waals surface area contributed by atoms with E-state index in [1.807, 2.05) is 5.10 Å². The largest absolute Gasteiger partial charge is 0.381 e. The fourth-order valence-electron chi connectivity index (χ4n) is 0.509. The van der Waals surface area contributed by atoms with Crippen LogP contribution in [0, 0.1) is 0 Å². The summed E-state index contributed by atoms with van der Waals surface area (Å²) in [5, 5.41) is 4.99. The second kappa shape index (κ2) is 3.48. The van der Waals surface area contributed by atoms with E-state index in [1.54, 1.807) is 0 Å². The standard InChI is InChI=1S/C4H4F2N4OS/c5-3(6)12-2-1(7)8-4(11)10-9-2/h3H,(H3,7,8,10,11). The summed E-state index contributed by atoms with van der Waals surface area (Å²) in [6.07, 6.45) is 0. The monoisotopic (exact) mass is 194 g/mol. The van der Waals surface area contributed by atoms with Crippen LogP contribution in [0.1, 0.15) is 0 Å². The van der Waals surface area contributed by atoms with Gasteiger partial charge in [0.25, 0.3) is 5.76 Å². The van der Waals surface area contributed by atoms with Gasteiger partial charge in [0.1, 0.15) is 0 Å². The highest BCUT2D eigenvalue weighted by Crippen LogP contribution is 2.24. The van der Waals surface area contributed by atoms with Gasteiger partial charge in [0.15, 0.2) is 10.8 Å². The average Bonchev–Trinajstić information content (AvgIpc) is 1.94. The molecular weight excluding hydrogens is 190 g/mol. The molecule has 0 radical (unpaired) electrons. The molecule has 8 heteroatoms. The lowest BCUT2D eigenvalue weighted by molar-refractivity contribution is 0.251. The van der Waals surface area contributed by atoms with E-state index in [2.05, 4.69) is 10.1 Å². The number of anilines is 1. The Bertz CT molecular complexity index is 327. The number of hydrogen-bond donors (Lipinski definition) is 2. The predicted molar refractivity (Wildman–Crippen MR) is 38.9 cm³/mol. The van der Waals surface area contributed by atoms with Gasteiger partial charge < -0.3 is 5.73 Å². The number of hydrogen-bond acceptors (Lipinski definition) is 5. The van der Waals surface area contributed by atoms with Gasteiger partial charge in [-0.2, -0.15) is 18.9 Å². The maximum atomic E-state index is 11.7. The molecule has 0 unspecified atom stereocenters. The fourth-order valence-corrected chi connectivity index (χ4v) is 0.943. The normalized spacial score (nSPS) is 10.6. The molecule has 0 bridgehead atoms. The number of thioether (sulfide) groups is 1. The van der Waals surface area contributed by atoms with Crippen molar-refractivity contribution in [3.8, 4) is 0 Å². The van der Waals surface area contributed by atoms with E-state index in [9.17, 15) is 13.6 Å². The topological polar surface area (TPSA) is 84.7 Å². The van der Waals surface area contributed by atoms with Crippen molar-refractivity contribution in [1.29, 1.82) is 0 Å². The van der Waals surface area contributed by atoms with Crippen LogP contribution in [0.3, 0.4) is 0 Å². The molecule has 0 amide bonds. The SMILES string of the molecule is Nc1nc(=O)[nH]nc1SC(F)F. The quantitative estimate of drug-likeness (QED) is 0.650. The van der Waals surface area contributed by atoms with Gasteiger partial charge in [-0.25, -0.2) is 9.89 Å². The maximum absolute atomic E-state index is 11.7. The van der Waals surface area contributed by atoms with Crippen LogP contribution in [0.4, 0.5) is 14.6 Å². The minimum Gasteiger partial charge on any atom is -0.381 e. The number of nitrogens with one attached hydrogen (secondary N) is 1. The number of aromatic amines is 1. The molecule has 0 fully saturated rings. The summed E-state index contributed by atoms with van der Waals surface area (Å²) >= 11 is 0.132. The molecule has 0 aliphatic heterocycles. The molecule has 0 saturated heterocycles. The number of nitrogen functional groups attached to an aromatic ring is 1. The van der Waals surface area contributed by atoms with E-state index < -0.39 is 11.4 Å². The fraction of sp³-hybridized carbons (Fsp3) is 0.250. The maximum Gasteiger partial charge on any atom is 0.363 e. The van der Waals surface area contributed by atoms with Crippen LogP contribution < -0.4 is 11.4 Å². The smallest absolute Gasteiger partial charge is 0.363 e. The first-order valence-electron chi connectivity index (χ1n) is 2.76. The number of nitrogens with zero attached hydrogens (tertiary/aromatic N) is 2. The van der Waals surface area contributed by atoms with Crippen LogP contribution in [-0.4, -0.2) is 20.9 Å². The molecular formula is C4H4F2N4OS. The summed E-state index contributed by atoms with van der Waals surface area (Å²) in [6, 6.07) is 0. The third kappa shape index (κ3) is 2.16. The Kier molecular flexibility index (Phi) is 2.58. The molecule has 0 spiro atoms. The Morgan fingerprint density at radius 2 is 2.25 bits per heavy atom. The van der Waals surface area contributed by atoms with Gasteiger partial charge in [-0.3, -0.25) is 0 Å². The van der Waals surface area contributed by atoms with Crippen molar-refractivity contribution in [2.24, 2.45) is 0 Å². The van der Waals surface area contributed by atoms with Gasteiger partial charge in [-0.1, -0.05) is 0 Å². The van der Waals surface area contributed by atoms with Crippen molar-refractivity contribution in [3.05, 3.63) is 10.5 Å². The Balaban J connectivity index is 2.94. The number of rotatable bonds is 2. The van der Waals surface area contributed by atoms with Gasteiger partial charge in [-0.05, 0) is 11.8 Å². The molecule has 0 aromatic carbocycles. The first-order chi connectivity index (χ1) is 5.59. The van der Waals surface area contributed by atoms with Crippen LogP contribution in [0.5, 0.6) is 0 Å². The molecule has 66 valence electrons. The number of alkyl halides is 2. The Morgan fingerprint density at radius 3 is 2.75 bits per heavy atom. The number of nitrogens with two attached hydrogens (primary N) is 1. The van der Waals surface area contributed by atoms with Crippen molar-refractivity contribution in [2.45, 2.75) is 10.8 Å². The van der Waals surface area contributed by atoms with Crippen molar-refractivity contribution in [2.75, 3.05) is 5.73 Å². The minimum atomic E-state index is -2.63. The highest BCUT2D eigenvalue weighted by atomic mass is 32.2. The van der Waals surface area contributed by atoms with E-state index in [1.165, 1.54) is 0 Å². The molecule has 1 aromatic heterocycles. The average molecular weight is 194 g/mol. The number of halogens is 2. The third-order valence-corrected chi connectivity index (χ3v) is 1.60. The molecule has 3 N–H and O–H groups in total. The van der Waals surface area contributed by atoms with Crippen LogP contribution in [0.15, 0.2) is 9.82 Å². The molecule has 0 saturated carbocycles. The highest BCUT2D eigenvalue weighted by Gasteiger charge is 2.11. The predicted octanol–water partition coefficient (Wildman–Crippen LogP) is 0.0618. The molecule has 1 heterocycles. The summed E-state index contributed by atoms with van der Waals surface area (Å²) < 4.78 is 23.5. The number of H-pyrrole nitrogens is 1. The lowest BCUT2D eigenvalue weighted by atomic mass is 10.7. The summed E-state index contributed by atoms with van der Waals surface area (Å²) in [4.78, 5) is 13.6. The van der Waals surface area contributed by atoms with Gasteiger partial charge in [0.05, 0.1) is 0 Å². The lowest BCUT2D eigenvalue weighted by Crippen LogP contribution is -2.15. The van der Waals surface area contributed by atoms with E-state index in [0.29, 0.717) is 0 Å². The molecule has 0 atom stereocenters. The van der Waals surface area contributed by atoms with E-state index >= 15 is 0 Å². The molecule has 0 aliphatic carbocycles. The molecule has 1 aromatic rings. The summed E-state index contributed by atoms with van der Waals surface area (Å²) in [7, 11) is 0. The second-order valence-corrected chi connectivity index (χ2v) is 2.69. The first kappa shape index (κ1) is 8.91. The summed E-state index contributed by atoms with van der Waals surface area (Å²) in [6.45, 7) is 0. The van der Waals surface area contributed by atoms with Crippen molar-refractivity contribution in [3.63, 3.8) is 0 Å². The van der Waals surface area contributed by atoms with E-state index in [0.717, 1.165) is 0 Å². The lowest BCUT2D eigenvalue weighted by Gasteiger charge is -1.99. The third-order valence-electron chi connectivity index (χ3n) is 0.895. The zero-order valence-electron chi connectivity index (χ0n) is 5.62. The Morgan fingerprint density at radius 1 is 1.58 bits per heavy atom. The van der Waals surface area contributed by atoms with E-state index in [-0.39, 0.29) is 22.6 Å². The minimum absolute atomic E-state index is 0.132. The molecule has 0 aliphatic rings. The van der Waals surface area contributed by atoms with Crippen LogP contribution >= 0.6 is 11.8 Å². The zero-order chi connectivity index (χ0) is 9.14. The zero-order valence-corrected chi connectivity index (χ0v) is 6.44. The molecule has 12 heavy (non-hydrogen) atoms. The Hall–Kier alpha value is -1.18. The highest BCUT2D eigenvalue weighted by molar-refractivity contribution is 7.99. The van der Waals surface area contributed by atoms with Gasteiger partial charge in [0, 0.05) is 0 Å². The summed E-state index contributed by atoms with van der Waals surface area (Å²) in [5.41, 5.74) is 4.36. The molecule has 1 rings (SSSR count). The van der Waals surface area contributed by atoms with Gasteiger partial charge >= 0.3 is 5.69 Å². The van der Waals surface area contributed by atoms with Crippen LogP contribution in [-0.2, 0) is 0 Å².